The Labute approximate surface area is 244 Å². The molecule has 42 heavy (non-hydrogen) atoms. The van der Waals surface area contributed by atoms with Crippen molar-refractivity contribution in [2.45, 2.75) is 44.7 Å². The Kier molecular flexibility index (Phi) is 6.95. The maximum absolute atomic E-state index is 13.9. The molecule has 9 nitrogen and oxygen atoms in total. The molecule has 0 radical (unpaired) electrons. The van der Waals surface area contributed by atoms with Gasteiger partial charge in [-0.05, 0) is 69.0 Å². The van der Waals surface area contributed by atoms with E-state index in [1.165, 1.54) is 38.1 Å². The number of piperazine rings is 1. The molecule has 0 atom stereocenters. The quantitative estimate of drug-likeness (QED) is 0.286. The van der Waals surface area contributed by atoms with Crippen molar-refractivity contribution < 1.29 is 4.39 Å². The first-order chi connectivity index (χ1) is 20.4. The normalized spacial score (nSPS) is 20.4. The molecule has 0 bridgehead atoms. The second-order valence-electron chi connectivity index (χ2n) is 11.8. The van der Waals surface area contributed by atoms with Gasteiger partial charge in [0.2, 0.25) is 5.95 Å². The Balaban J connectivity index is 1.12. The van der Waals surface area contributed by atoms with Crippen LogP contribution in [-0.4, -0.2) is 73.6 Å². The summed E-state index contributed by atoms with van der Waals surface area (Å²) in [6.45, 7) is 6.51. The van der Waals surface area contributed by atoms with Crippen LogP contribution in [0.5, 0.6) is 0 Å². The zero-order chi connectivity index (χ0) is 28.8. The predicted octanol–water partition coefficient (Wildman–Crippen LogP) is 5.55. The minimum atomic E-state index is -0.306. The van der Waals surface area contributed by atoms with Gasteiger partial charge < -0.3 is 20.5 Å². The zero-order valence-corrected chi connectivity index (χ0v) is 24.1. The molecule has 0 unspecified atom stereocenters. The Morgan fingerprint density at radius 2 is 1.67 bits per heavy atom. The summed E-state index contributed by atoms with van der Waals surface area (Å²) in [6, 6.07) is 12.1. The van der Waals surface area contributed by atoms with E-state index in [9.17, 15) is 4.39 Å². The summed E-state index contributed by atoms with van der Waals surface area (Å²) >= 11 is 0. The Morgan fingerprint density at radius 3 is 2.43 bits per heavy atom. The van der Waals surface area contributed by atoms with Gasteiger partial charge in [0.25, 0.3) is 0 Å². The SMILES string of the molecule is Cc1cc(F)cc2nc(Nc3ccc(-c4cn(C5CCC(N6CCN(C)CC6)CC5)c5ncnc(N)c45)cc3)ncc12. The van der Waals surface area contributed by atoms with Crippen LogP contribution in [0.15, 0.2) is 55.1 Å². The molecule has 7 rings (SSSR count). The van der Waals surface area contributed by atoms with Gasteiger partial charge in [-0.25, -0.2) is 24.3 Å². The van der Waals surface area contributed by atoms with Crippen molar-refractivity contribution in [2.75, 3.05) is 44.3 Å². The zero-order valence-electron chi connectivity index (χ0n) is 24.1. The maximum atomic E-state index is 13.9. The van der Waals surface area contributed by atoms with E-state index in [2.05, 4.69) is 60.0 Å². The summed E-state index contributed by atoms with van der Waals surface area (Å²) in [7, 11) is 2.21. The van der Waals surface area contributed by atoms with Crippen LogP contribution < -0.4 is 11.1 Å². The third-order valence-electron chi connectivity index (χ3n) is 9.08. The molecule has 2 aromatic carbocycles. The molecular weight excluding hydrogens is 529 g/mol. The number of aromatic nitrogens is 5. The fourth-order valence-electron chi connectivity index (χ4n) is 6.68. The Hall–Kier alpha value is -4.15. The summed E-state index contributed by atoms with van der Waals surface area (Å²) < 4.78 is 16.3. The number of halogens is 1. The summed E-state index contributed by atoms with van der Waals surface area (Å²) in [6.07, 6.45) is 10.2. The molecule has 5 aromatic rings. The highest BCUT2D eigenvalue weighted by atomic mass is 19.1. The lowest BCUT2D eigenvalue weighted by Crippen LogP contribution is -2.49. The molecule has 0 spiro atoms. The van der Waals surface area contributed by atoms with E-state index in [0.717, 1.165) is 64.7 Å². The first-order valence-electron chi connectivity index (χ1n) is 14.8. The van der Waals surface area contributed by atoms with Crippen LogP contribution in [0.3, 0.4) is 0 Å². The number of rotatable bonds is 5. The molecule has 3 aromatic heterocycles. The minimum absolute atomic E-state index is 0.306. The first kappa shape index (κ1) is 26.7. The van der Waals surface area contributed by atoms with E-state index < -0.39 is 0 Å². The van der Waals surface area contributed by atoms with Gasteiger partial charge in [-0.1, -0.05) is 12.1 Å². The number of nitrogens with two attached hydrogens (primary N) is 1. The number of aryl methyl sites for hydroxylation is 1. The molecule has 10 heteroatoms. The Morgan fingerprint density at radius 1 is 0.929 bits per heavy atom. The van der Waals surface area contributed by atoms with Crippen molar-refractivity contribution in [2.24, 2.45) is 0 Å². The number of nitrogen functional groups attached to an aromatic ring is 1. The fraction of sp³-hybridized carbons (Fsp3) is 0.375. The van der Waals surface area contributed by atoms with E-state index in [1.807, 2.05) is 19.1 Å². The summed E-state index contributed by atoms with van der Waals surface area (Å²) in [4.78, 5) is 23.1. The number of fused-ring (bicyclic) bond motifs is 2. The molecule has 1 aliphatic carbocycles. The van der Waals surface area contributed by atoms with E-state index >= 15 is 0 Å². The molecule has 1 aliphatic heterocycles. The number of benzene rings is 2. The topological polar surface area (TPSA) is 101 Å². The van der Waals surface area contributed by atoms with Gasteiger partial charge in [0.1, 0.15) is 23.6 Å². The van der Waals surface area contributed by atoms with Gasteiger partial charge in [0.05, 0.1) is 10.9 Å². The molecule has 1 saturated carbocycles. The summed E-state index contributed by atoms with van der Waals surface area (Å²) in [5.74, 6) is 0.607. The van der Waals surface area contributed by atoms with Crippen molar-refractivity contribution in [3.8, 4) is 11.1 Å². The molecule has 3 N–H and O–H groups in total. The van der Waals surface area contributed by atoms with E-state index in [1.54, 1.807) is 12.5 Å². The van der Waals surface area contributed by atoms with Crippen LogP contribution in [0.4, 0.5) is 21.8 Å². The molecule has 2 fully saturated rings. The lowest BCUT2D eigenvalue weighted by atomic mass is 9.89. The Bertz CT molecular complexity index is 1730. The third kappa shape index (κ3) is 5.05. The molecular formula is C32H36FN9. The molecule has 4 heterocycles. The maximum Gasteiger partial charge on any atom is 0.227 e. The molecule has 216 valence electrons. The fourth-order valence-corrected chi connectivity index (χ4v) is 6.68. The standard InChI is InChI=1S/C32H36FN9/c1-20-15-22(33)16-28-26(20)17-35-32(39-28)38-23-5-3-21(4-6-23)27-18-42(31-29(27)30(34)36-19-37-31)25-9-7-24(8-10-25)41-13-11-40(2)12-14-41/h3-6,15-19,24-25H,7-14H2,1-2H3,(H2,34,36,37)(H,35,38,39). The number of likely N-dealkylation sites (N-methyl/N-ethyl adjacent to an activating group) is 1. The van der Waals surface area contributed by atoms with Crippen molar-refractivity contribution in [3.63, 3.8) is 0 Å². The van der Waals surface area contributed by atoms with Crippen LogP contribution in [0.25, 0.3) is 33.1 Å². The number of hydrogen-bond acceptors (Lipinski definition) is 8. The number of hydrogen-bond donors (Lipinski definition) is 2. The van der Waals surface area contributed by atoms with Gasteiger partial charge in [-0.3, -0.25) is 4.90 Å². The van der Waals surface area contributed by atoms with E-state index in [4.69, 9.17) is 10.7 Å². The molecule has 1 saturated heterocycles. The number of nitrogens with one attached hydrogen (secondary N) is 1. The number of nitrogens with zero attached hydrogens (tertiary/aromatic N) is 7. The molecule has 2 aliphatic rings. The first-order valence-corrected chi connectivity index (χ1v) is 14.8. The van der Waals surface area contributed by atoms with Crippen LogP contribution in [0.1, 0.15) is 37.3 Å². The highest BCUT2D eigenvalue weighted by Gasteiger charge is 2.30. The van der Waals surface area contributed by atoms with Crippen molar-refractivity contribution >= 4 is 39.4 Å². The summed E-state index contributed by atoms with van der Waals surface area (Å²) in [5.41, 5.74) is 11.6. The van der Waals surface area contributed by atoms with Crippen LogP contribution in [-0.2, 0) is 0 Å². The lowest BCUT2D eigenvalue weighted by Gasteiger charge is -2.41. The second kappa shape index (κ2) is 10.9. The van der Waals surface area contributed by atoms with Gasteiger partial charge in [0.15, 0.2) is 0 Å². The van der Waals surface area contributed by atoms with Crippen LogP contribution >= 0.6 is 0 Å². The van der Waals surface area contributed by atoms with Crippen LogP contribution in [0.2, 0.25) is 0 Å². The highest BCUT2D eigenvalue weighted by molar-refractivity contribution is 6.00. The van der Waals surface area contributed by atoms with Crippen molar-refractivity contribution in [3.05, 3.63) is 66.5 Å². The van der Waals surface area contributed by atoms with Gasteiger partial charge in [-0.15, -0.1) is 0 Å². The highest BCUT2D eigenvalue weighted by Crippen LogP contribution is 2.39. The summed E-state index contributed by atoms with van der Waals surface area (Å²) in [5, 5.41) is 4.98. The lowest BCUT2D eigenvalue weighted by molar-refractivity contribution is 0.0828. The van der Waals surface area contributed by atoms with E-state index in [-0.39, 0.29) is 5.82 Å². The predicted molar refractivity (Wildman–Crippen MR) is 165 cm³/mol. The van der Waals surface area contributed by atoms with Gasteiger partial charge in [-0.2, -0.15) is 0 Å². The second-order valence-corrected chi connectivity index (χ2v) is 11.8. The van der Waals surface area contributed by atoms with Crippen molar-refractivity contribution in [1.82, 2.24) is 34.3 Å². The van der Waals surface area contributed by atoms with Gasteiger partial charge >= 0.3 is 0 Å². The smallest absolute Gasteiger partial charge is 0.227 e. The average molecular weight is 566 g/mol. The van der Waals surface area contributed by atoms with E-state index in [0.29, 0.717) is 29.4 Å². The third-order valence-corrected chi connectivity index (χ3v) is 9.08. The molecule has 0 amide bonds. The average Bonchev–Trinajstić information content (AvgIpc) is 3.39. The largest absolute Gasteiger partial charge is 0.383 e. The monoisotopic (exact) mass is 565 g/mol. The van der Waals surface area contributed by atoms with Crippen LogP contribution in [0, 0.1) is 12.7 Å². The number of anilines is 3. The van der Waals surface area contributed by atoms with Gasteiger partial charge in [0, 0.05) is 73.4 Å². The minimum Gasteiger partial charge on any atom is -0.383 e. The van der Waals surface area contributed by atoms with Crippen molar-refractivity contribution in [1.29, 1.82) is 0 Å².